The molecule has 0 aliphatic carbocycles. The van der Waals surface area contributed by atoms with Gasteiger partial charge in [-0.2, -0.15) is 0 Å². The minimum Gasteiger partial charge on any atom is -0.369 e. The molecule has 1 nitrogen and oxygen atoms in total. The van der Waals surface area contributed by atoms with E-state index in [1.54, 1.807) is 0 Å². The Morgan fingerprint density at radius 3 is 1.95 bits per heavy atom. The number of aliphatic hydroxyl groups is 1. The highest BCUT2D eigenvalue weighted by Gasteiger charge is 1.91. The molecule has 0 heterocycles. The lowest BCUT2D eigenvalue weighted by atomic mass is 10.1. The SMILES string of the molecule is C#C[C@H](O)C#CC#CCCCCCCCCCCCC. The number of terminal acetylenes is 1. The van der Waals surface area contributed by atoms with Gasteiger partial charge in [0.2, 0.25) is 0 Å². The van der Waals surface area contributed by atoms with Crippen molar-refractivity contribution in [1.82, 2.24) is 0 Å². The Morgan fingerprint density at radius 2 is 1.40 bits per heavy atom. The second-order valence-corrected chi connectivity index (χ2v) is 5.07. The van der Waals surface area contributed by atoms with Crippen LogP contribution in [-0.2, 0) is 0 Å². The molecule has 0 fully saturated rings. The summed E-state index contributed by atoms with van der Waals surface area (Å²) in [5.41, 5.74) is 0. The quantitative estimate of drug-likeness (QED) is 0.464. The average Bonchev–Trinajstić information content (AvgIpc) is 2.47. The summed E-state index contributed by atoms with van der Waals surface area (Å²) in [6.07, 6.45) is 18.2. The third-order valence-electron chi connectivity index (χ3n) is 3.17. The zero-order valence-corrected chi connectivity index (χ0v) is 12.9. The van der Waals surface area contributed by atoms with Gasteiger partial charge in [0, 0.05) is 6.42 Å². The van der Waals surface area contributed by atoms with E-state index in [1.165, 1.54) is 57.8 Å². The van der Waals surface area contributed by atoms with E-state index >= 15 is 0 Å². The van der Waals surface area contributed by atoms with Gasteiger partial charge in [-0.3, -0.25) is 0 Å². The van der Waals surface area contributed by atoms with Gasteiger partial charge in [0.25, 0.3) is 0 Å². The van der Waals surface area contributed by atoms with E-state index in [9.17, 15) is 0 Å². The Balaban J connectivity index is 3.27. The number of hydrogen-bond acceptors (Lipinski definition) is 1. The lowest BCUT2D eigenvalue weighted by molar-refractivity contribution is 0.290. The van der Waals surface area contributed by atoms with Crippen molar-refractivity contribution < 1.29 is 5.11 Å². The maximum absolute atomic E-state index is 8.97. The molecule has 1 atom stereocenters. The monoisotopic (exact) mass is 272 g/mol. The van der Waals surface area contributed by atoms with Crippen molar-refractivity contribution in [2.24, 2.45) is 0 Å². The molecule has 0 saturated carbocycles. The topological polar surface area (TPSA) is 20.2 Å². The fraction of sp³-hybridized carbons (Fsp3) is 0.684. The van der Waals surface area contributed by atoms with E-state index in [0.717, 1.165) is 12.8 Å². The summed E-state index contributed by atoms with van der Waals surface area (Å²) in [5.74, 6) is 12.9. The summed E-state index contributed by atoms with van der Waals surface area (Å²) in [7, 11) is 0. The van der Waals surface area contributed by atoms with E-state index < -0.39 is 6.10 Å². The van der Waals surface area contributed by atoms with Gasteiger partial charge in [-0.1, -0.05) is 76.6 Å². The van der Waals surface area contributed by atoms with Gasteiger partial charge in [-0.05, 0) is 24.2 Å². The molecule has 0 radical (unpaired) electrons. The lowest BCUT2D eigenvalue weighted by Gasteiger charge is -2.00. The van der Waals surface area contributed by atoms with Crippen LogP contribution in [0.5, 0.6) is 0 Å². The fourth-order valence-corrected chi connectivity index (χ4v) is 1.95. The molecule has 0 unspecified atom stereocenters. The van der Waals surface area contributed by atoms with Crippen molar-refractivity contribution in [2.75, 3.05) is 0 Å². The van der Waals surface area contributed by atoms with Crippen LogP contribution in [0.3, 0.4) is 0 Å². The predicted molar refractivity (Wildman–Crippen MR) is 86.9 cm³/mol. The third-order valence-corrected chi connectivity index (χ3v) is 3.17. The van der Waals surface area contributed by atoms with Crippen LogP contribution in [-0.4, -0.2) is 11.2 Å². The van der Waals surface area contributed by atoms with Crippen molar-refractivity contribution in [3.63, 3.8) is 0 Å². The van der Waals surface area contributed by atoms with E-state index in [4.69, 9.17) is 11.5 Å². The summed E-state index contributed by atoms with van der Waals surface area (Å²) < 4.78 is 0. The van der Waals surface area contributed by atoms with Gasteiger partial charge in [0.15, 0.2) is 6.10 Å². The van der Waals surface area contributed by atoms with Crippen molar-refractivity contribution in [3.05, 3.63) is 0 Å². The van der Waals surface area contributed by atoms with Crippen LogP contribution >= 0.6 is 0 Å². The van der Waals surface area contributed by atoms with Gasteiger partial charge in [-0.25, -0.2) is 0 Å². The van der Waals surface area contributed by atoms with Crippen LogP contribution in [0.15, 0.2) is 0 Å². The smallest absolute Gasteiger partial charge is 0.177 e. The summed E-state index contributed by atoms with van der Waals surface area (Å²) in [5, 5.41) is 8.97. The number of rotatable bonds is 10. The zero-order valence-electron chi connectivity index (χ0n) is 12.9. The van der Waals surface area contributed by atoms with Crippen LogP contribution in [0.1, 0.15) is 77.6 Å². The average molecular weight is 272 g/mol. The highest BCUT2D eigenvalue weighted by atomic mass is 16.3. The van der Waals surface area contributed by atoms with E-state index in [2.05, 4.69) is 36.5 Å². The molecule has 0 saturated heterocycles. The Bertz CT molecular complexity index is 367. The molecule has 0 amide bonds. The molecule has 1 heteroatoms. The molecule has 0 aromatic rings. The van der Waals surface area contributed by atoms with E-state index in [1.807, 2.05) is 0 Å². The molecule has 0 aromatic heterocycles. The molecule has 0 aliphatic rings. The van der Waals surface area contributed by atoms with Gasteiger partial charge in [-0.15, -0.1) is 6.42 Å². The Labute approximate surface area is 125 Å². The second-order valence-electron chi connectivity index (χ2n) is 5.07. The summed E-state index contributed by atoms with van der Waals surface area (Å²) in [4.78, 5) is 0. The molecule has 0 aliphatic heterocycles. The lowest BCUT2D eigenvalue weighted by Crippen LogP contribution is -1.95. The van der Waals surface area contributed by atoms with Crippen molar-refractivity contribution in [1.29, 1.82) is 0 Å². The standard InChI is InChI=1S/C19H28O/c1-3-5-6-7-8-9-10-11-12-13-14-15-16-17-18-19(20)4-2/h2,19-20H,3,5-14H2,1H3/t19-/m0/s1. The maximum atomic E-state index is 8.97. The normalized spacial score (nSPS) is 10.7. The van der Waals surface area contributed by atoms with E-state index in [-0.39, 0.29) is 0 Å². The number of hydrogen-bond donors (Lipinski definition) is 1. The fourth-order valence-electron chi connectivity index (χ4n) is 1.95. The maximum Gasteiger partial charge on any atom is 0.177 e. The molecule has 0 bridgehead atoms. The molecule has 110 valence electrons. The van der Waals surface area contributed by atoms with Gasteiger partial charge < -0.3 is 5.11 Å². The first kappa shape index (κ1) is 18.6. The van der Waals surface area contributed by atoms with E-state index in [0.29, 0.717) is 0 Å². The molecule has 20 heavy (non-hydrogen) atoms. The Hall–Kier alpha value is -1.36. The molecule has 0 rings (SSSR count). The minimum atomic E-state index is -0.985. The molecule has 0 spiro atoms. The van der Waals surface area contributed by atoms with Gasteiger partial charge in [0.05, 0.1) is 0 Å². The highest BCUT2D eigenvalue weighted by molar-refractivity contribution is 5.29. The first-order chi connectivity index (χ1) is 9.81. The zero-order chi connectivity index (χ0) is 14.9. The van der Waals surface area contributed by atoms with Crippen molar-refractivity contribution in [3.8, 4) is 36.0 Å². The summed E-state index contributed by atoms with van der Waals surface area (Å²) >= 11 is 0. The third kappa shape index (κ3) is 14.7. The van der Waals surface area contributed by atoms with Crippen LogP contribution in [0.2, 0.25) is 0 Å². The first-order valence-corrected chi connectivity index (χ1v) is 7.93. The Kier molecular flexibility index (Phi) is 14.6. The Morgan fingerprint density at radius 1 is 0.850 bits per heavy atom. The first-order valence-electron chi connectivity index (χ1n) is 7.93. The minimum absolute atomic E-state index is 0.886. The van der Waals surface area contributed by atoms with Gasteiger partial charge in [0.1, 0.15) is 0 Å². The second kappa shape index (κ2) is 15.7. The molecule has 1 N–H and O–H groups in total. The predicted octanol–water partition coefficient (Wildman–Crippen LogP) is 4.30. The summed E-state index contributed by atoms with van der Waals surface area (Å²) in [6.45, 7) is 2.26. The molecule has 0 aromatic carbocycles. The molecular weight excluding hydrogens is 244 g/mol. The van der Waals surface area contributed by atoms with Gasteiger partial charge >= 0.3 is 0 Å². The largest absolute Gasteiger partial charge is 0.369 e. The van der Waals surface area contributed by atoms with Crippen LogP contribution in [0.25, 0.3) is 0 Å². The molecular formula is C19H28O. The number of aliphatic hydroxyl groups excluding tert-OH is 1. The van der Waals surface area contributed by atoms with Crippen LogP contribution in [0.4, 0.5) is 0 Å². The van der Waals surface area contributed by atoms with Crippen molar-refractivity contribution in [2.45, 2.75) is 83.7 Å². The van der Waals surface area contributed by atoms with Crippen LogP contribution in [0, 0.1) is 36.0 Å². The number of unbranched alkanes of at least 4 members (excludes halogenated alkanes) is 10. The summed E-state index contributed by atoms with van der Waals surface area (Å²) in [6, 6.07) is 0. The highest BCUT2D eigenvalue weighted by Crippen LogP contribution is 2.10. The van der Waals surface area contributed by atoms with Crippen molar-refractivity contribution >= 4 is 0 Å². The van der Waals surface area contributed by atoms with Crippen LogP contribution < -0.4 is 0 Å².